The summed E-state index contributed by atoms with van der Waals surface area (Å²) in [6, 6.07) is 7.93. The van der Waals surface area contributed by atoms with E-state index in [-0.39, 0.29) is 24.3 Å². The van der Waals surface area contributed by atoms with Crippen molar-refractivity contribution in [2.45, 2.75) is 32.2 Å². The Balaban J connectivity index is 1.64. The van der Waals surface area contributed by atoms with Crippen molar-refractivity contribution in [1.29, 1.82) is 0 Å². The van der Waals surface area contributed by atoms with Gasteiger partial charge in [-0.25, -0.2) is 4.90 Å². The van der Waals surface area contributed by atoms with Gasteiger partial charge < -0.3 is 9.67 Å². The van der Waals surface area contributed by atoms with Gasteiger partial charge in [0.15, 0.2) is 0 Å². The standard InChI is InChI=1S/C23H22N2O3/c26-14-15-10-11-24-19-9-5-4-8-17(19)22(20(24)12-15)25-21(27)13-18(23(25)28)16-6-2-1-3-7-16/h1-2,4-6,8-9,13,15,26H,3,7,10-12,14H2. The van der Waals surface area contributed by atoms with E-state index in [0.29, 0.717) is 17.7 Å². The van der Waals surface area contributed by atoms with Gasteiger partial charge in [0, 0.05) is 35.9 Å². The number of fused-ring (bicyclic) bond motifs is 3. The van der Waals surface area contributed by atoms with E-state index in [9.17, 15) is 14.7 Å². The lowest BCUT2D eigenvalue weighted by molar-refractivity contribution is -0.120. The Bertz CT molecular complexity index is 1090. The van der Waals surface area contributed by atoms with E-state index in [1.165, 1.54) is 11.0 Å². The van der Waals surface area contributed by atoms with Crippen LogP contribution in [0.3, 0.4) is 0 Å². The van der Waals surface area contributed by atoms with Crippen molar-refractivity contribution in [3.63, 3.8) is 0 Å². The van der Waals surface area contributed by atoms with Gasteiger partial charge in [-0.15, -0.1) is 0 Å². The molecule has 0 saturated heterocycles. The zero-order chi connectivity index (χ0) is 19.3. The Morgan fingerprint density at radius 2 is 2.04 bits per heavy atom. The largest absolute Gasteiger partial charge is 0.396 e. The number of aryl methyl sites for hydroxylation is 1. The summed E-state index contributed by atoms with van der Waals surface area (Å²) < 4.78 is 2.21. The van der Waals surface area contributed by atoms with Gasteiger partial charge in [-0.2, -0.15) is 0 Å². The topological polar surface area (TPSA) is 62.5 Å². The first kappa shape index (κ1) is 17.2. The van der Waals surface area contributed by atoms with Gasteiger partial charge in [-0.1, -0.05) is 36.4 Å². The summed E-state index contributed by atoms with van der Waals surface area (Å²) in [6.45, 7) is 0.902. The highest BCUT2D eigenvalue weighted by molar-refractivity contribution is 6.34. The number of aliphatic hydroxyl groups is 1. The molecule has 0 radical (unpaired) electrons. The highest BCUT2D eigenvalue weighted by atomic mass is 16.3. The number of rotatable bonds is 3. The molecule has 1 aromatic heterocycles. The average molecular weight is 374 g/mol. The number of hydrogen-bond acceptors (Lipinski definition) is 3. The number of amides is 2. The minimum absolute atomic E-state index is 0.117. The summed E-state index contributed by atoms with van der Waals surface area (Å²) in [5.41, 5.74) is 4.14. The summed E-state index contributed by atoms with van der Waals surface area (Å²) >= 11 is 0. The minimum atomic E-state index is -0.277. The van der Waals surface area contributed by atoms with Crippen LogP contribution < -0.4 is 4.90 Å². The number of nitrogens with zero attached hydrogens (tertiary/aromatic N) is 2. The van der Waals surface area contributed by atoms with Gasteiger partial charge in [-0.3, -0.25) is 9.59 Å². The molecule has 0 fully saturated rings. The van der Waals surface area contributed by atoms with E-state index in [1.54, 1.807) is 0 Å². The summed E-state index contributed by atoms with van der Waals surface area (Å²) in [6.07, 6.45) is 10.6. The van der Waals surface area contributed by atoms with Crippen LogP contribution in [0.1, 0.15) is 25.0 Å². The van der Waals surface area contributed by atoms with Crippen LogP contribution >= 0.6 is 0 Å². The maximum Gasteiger partial charge on any atom is 0.265 e. The molecule has 3 aliphatic rings. The minimum Gasteiger partial charge on any atom is -0.396 e. The van der Waals surface area contributed by atoms with Crippen molar-refractivity contribution >= 4 is 28.4 Å². The van der Waals surface area contributed by atoms with E-state index < -0.39 is 0 Å². The molecular weight excluding hydrogens is 352 g/mol. The first-order chi connectivity index (χ1) is 13.7. The lowest BCUT2D eigenvalue weighted by Crippen LogP contribution is -2.33. The lowest BCUT2D eigenvalue weighted by atomic mass is 9.95. The number of imide groups is 1. The van der Waals surface area contributed by atoms with Crippen molar-refractivity contribution in [3.05, 3.63) is 65.4 Å². The number of allylic oxidation sites excluding steroid dienone is 3. The molecule has 142 valence electrons. The Labute approximate surface area is 163 Å². The van der Waals surface area contributed by atoms with E-state index in [0.717, 1.165) is 48.0 Å². The van der Waals surface area contributed by atoms with Gasteiger partial charge in [0.1, 0.15) is 0 Å². The van der Waals surface area contributed by atoms with Crippen LogP contribution in [0, 0.1) is 5.92 Å². The van der Waals surface area contributed by atoms with Crippen LogP contribution in [0.25, 0.3) is 10.9 Å². The van der Waals surface area contributed by atoms with Gasteiger partial charge in [0.2, 0.25) is 0 Å². The number of para-hydroxylation sites is 1. The Morgan fingerprint density at radius 1 is 1.18 bits per heavy atom. The predicted octanol–water partition coefficient (Wildman–Crippen LogP) is 3.27. The summed E-state index contributed by atoms with van der Waals surface area (Å²) in [5, 5.41) is 10.6. The first-order valence-electron chi connectivity index (χ1n) is 9.86. The van der Waals surface area contributed by atoms with Crippen LogP contribution in [0.15, 0.2) is 59.7 Å². The molecule has 28 heavy (non-hydrogen) atoms. The summed E-state index contributed by atoms with van der Waals surface area (Å²) in [5.74, 6) is -0.362. The highest BCUT2D eigenvalue weighted by Crippen LogP contribution is 2.41. The fourth-order valence-corrected chi connectivity index (χ4v) is 4.63. The molecule has 1 aliphatic carbocycles. The smallest absolute Gasteiger partial charge is 0.265 e. The van der Waals surface area contributed by atoms with E-state index in [1.807, 2.05) is 36.4 Å². The fraction of sp³-hybridized carbons (Fsp3) is 0.304. The third kappa shape index (κ3) is 2.50. The lowest BCUT2D eigenvalue weighted by Gasteiger charge is -2.26. The number of anilines is 1. The molecule has 0 bridgehead atoms. The number of aliphatic hydroxyl groups excluding tert-OH is 1. The van der Waals surface area contributed by atoms with E-state index >= 15 is 0 Å². The highest BCUT2D eigenvalue weighted by Gasteiger charge is 2.38. The first-order valence-corrected chi connectivity index (χ1v) is 9.86. The van der Waals surface area contributed by atoms with Crippen molar-refractivity contribution < 1.29 is 14.7 Å². The fourth-order valence-electron chi connectivity index (χ4n) is 4.63. The SMILES string of the molecule is O=C1C=C(C2=CC=CCC2)C(=O)N1c1c2n(c3ccccc13)CCC(CO)C2. The third-order valence-electron chi connectivity index (χ3n) is 6.06. The molecule has 3 heterocycles. The molecule has 0 spiro atoms. The van der Waals surface area contributed by atoms with E-state index in [4.69, 9.17) is 0 Å². The van der Waals surface area contributed by atoms with Gasteiger partial charge in [-0.05, 0) is 43.2 Å². The summed E-state index contributed by atoms with van der Waals surface area (Å²) in [4.78, 5) is 27.6. The number of aromatic nitrogens is 1. The van der Waals surface area contributed by atoms with Crippen molar-refractivity contribution in [2.75, 3.05) is 11.5 Å². The molecule has 2 amide bonds. The number of benzene rings is 1. The second kappa shape index (κ2) is 6.60. The van der Waals surface area contributed by atoms with Crippen molar-refractivity contribution in [3.8, 4) is 0 Å². The monoisotopic (exact) mass is 374 g/mol. The molecule has 2 aliphatic heterocycles. The average Bonchev–Trinajstić information content (AvgIpc) is 3.21. The molecule has 1 N–H and O–H groups in total. The van der Waals surface area contributed by atoms with Crippen LogP contribution in [0.4, 0.5) is 5.69 Å². The second-order valence-corrected chi connectivity index (χ2v) is 7.70. The zero-order valence-electron chi connectivity index (χ0n) is 15.6. The van der Waals surface area contributed by atoms with Crippen molar-refractivity contribution in [1.82, 2.24) is 4.57 Å². The van der Waals surface area contributed by atoms with Crippen LogP contribution in [-0.4, -0.2) is 28.1 Å². The molecule has 1 atom stereocenters. The number of carbonyl (C=O) groups is 2. The zero-order valence-corrected chi connectivity index (χ0v) is 15.6. The maximum absolute atomic E-state index is 13.3. The maximum atomic E-state index is 13.3. The van der Waals surface area contributed by atoms with Gasteiger partial charge in [0.05, 0.1) is 11.2 Å². The van der Waals surface area contributed by atoms with Crippen LogP contribution in [-0.2, 0) is 22.6 Å². The Morgan fingerprint density at radius 3 is 2.82 bits per heavy atom. The Kier molecular flexibility index (Phi) is 4.05. The third-order valence-corrected chi connectivity index (χ3v) is 6.06. The Hall–Kier alpha value is -2.92. The molecule has 5 nitrogen and oxygen atoms in total. The van der Waals surface area contributed by atoms with Crippen LogP contribution in [0.5, 0.6) is 0 Å². The number of hydrogen-bond donors (Lipinski definition) is 1. The molecular formula is C23H22N2O3. The molecule has 1 unspecified atom stereocenters. The second-order valence-electron chi connectivity index (χ2n) is 7.70. The van der Waals surface area contributed by atoms with Gasteiger partial charge >= 0.3 is 0 Å². The summed E-state index contributed by atoms with van der Waals surface area (Å²) in [7, 11) is 0. The van der Waals surface area contributed by atoms with Gasteiger partial charge in [0.25, 0.3) is 11.8 Å². The molecule has 1 aromatic carbocycles. The number of carbonyl (C=O) groups excluding carboxylic acids is 2. The molecule has 5 rings (SSSR count). The molecule has 0 saturated carbocycles. The quantitative estimate of drug-likeness (QED) is 0.839. The molecule has 2 aromatic rings. The molecule has 5 heteroatoms. The van der Waals surface area contributed by atoms with Crippen LogP contribution in [0.2, 0.25) is 0 Å². The van der Waals surface area contributed by atoms with Crippen molar-refractivity contribution in [2.24, 2.45) is 5.92 Å². The normalized spacial score (nSPS) is 21.9. The predicted molar refractivity (Wildman–Crippen MR) is 108 cm³/mol. The van der Waals surface area contributed by atoms with E-state index in [2.05, 4.69) is 10.6 Å².